The van der Waals surface area contributed by atoms with Crippen LogP contribution < -0.4 is 4.74 Å². The standard InChI is InChI=1S/C28H38FN3O3.CH2O2/c29-28(11-12-28)26(34)32-19-27(20-32)10-7-22(18-27)30-14-8-21(9-15-30)23-4-1-2-5-24(23)35-17-16-31-13-3-6-25(31)33;2-1-3/h1-2,4-5,21-22H,3,6-20H2;1H,(H,2,3). The van der Waals surface area contributed by atoms with Gasteiger partial charge in [0.05, 0.1) is 6.54 Å². The predicted octanol–water partition coefficient (Wildman–Crippen LogP) is 3.45. The van der Waals surface area contributed by atoms with Crippen molar-refractivity contribution in [3.05, 3.63) is 29.8 Å². The summed E-state index contributed by atoms with van der Waals surface area (Å²) in [5.74, 6) is 1.47. The molecule has 0 aromatic heterocycles. The Hall–Kier alpha value is -2.68. The maximum Gasteiger partial charge on any atom is 0.290 e. The van der Waals surface area contributed by atoms with Crippen LogP contribution in [-0.2, 0) is 14.4 Å². The first-order valence-corrected chi connectivity index (χ1v) is 14.2. The van der Waals surface area contributed by atoms with Gasteiger partial charge in [-0.2, -0.15) is 0 Å². The molecule has 8 nitrogen and oxygen atoms in total. The topological polar surface area (TPSA) is 90.4 Å². The van der Waals surface area contributed by atoms with Crippen molar-refractivity contribution in [2.24, 2.45) is 5.41 Å². The van der Waals surface area contributed by atoms with E-state index < -0.39 is 5.67 Å². The molecule has 1 spiro atoms. The van der Waals surface area contributed by atoms with E-state index in [4.69, 9.17) is 14.6 Å². The van der Waals surface area contributed by atoms with Crippen LogP contribution in [0.2, 0.25) is 0 Å². The summed E-state index contributed by atoms with van der Waals surface area (Å²) in [6.07, 6.45) is 8.23. The maximum absolute atomic E-state index is 14.1. The van der Waals surface area contributed by atoms with Crippen LogP contribution in [0.5, 0.6) is 5.75 Å². The molecule has 1 aromatic carbocycles. The van der Waals surface area contributed by atoms with Crippen LogP contribution in [-0.4, -0.2) is 95.7 Å². The van der Waals surface area contributed by atoms with Crippen molar-refractivity contribution in [1.82, 2.24) is 14.7 Å². The molecule has 2 aliphatic carbocycles. The van der Waals surface area contributed by atoms with Crippen LogP contribution in [0.1, 0.15) is 69.3 Å². The Balaban J connectivity index is 0.000000937. The zero-order chi connectivity index (χ0) is 26.8. The van der Waals surface area contributed by atoms with Crippen LogP contribution >= 0.6 is 0 Å². The third kappa shape index (κ3) is 5.67. The van der Waals surface area contributed by atoms with E-state index in [1.807, 2.05) is 11.0 Å². The second-order valence-electron chi connectivity index (χ2n) is 11.8. The number of carboxylic acid groups (broad SMARTS) is 1. The van der Waals surface area contributed by atoms with Crippen molar-refractivity contribution >= 4 is 18.3 Å². The minimum atomic E-state index is -1.52. The van der Waals surface area contributed by atoms with Gasteiger partial charge in [0, 0.05) is 37.5 Å². The Labute approximate surface area is 224 Å². The Kier molecular flexibility index (Phi) is 7.93. The zero-order valence-corrected chi connectivity index (χ0v) is 22.2. The van der Waals surface area contributed by atoms with Gasteiger partial charge in [-0.15, -0.1) is 0 Å². The fraction of sp³-hybridized carbons (Fsp3) is 0.690. The fourth-order valence-corrected chi connectivity index (χ4v) is 7.02. The molecule has 2 saturated carbocycles. The minimum absolute atomic E-state index is 0.236. The summed E-state index contributed by atoms with van der Waals surface area (Å²) in [4.78, 5) is 38.9. The summed E-state index contributed by atoms with van der Waals surface area (Å²) in [5.41, 5.74) is 0.0170. The molecule has 1 unspecified atom stereocenters. The lowest BCUT2D eigenvalue weighted by Gasteiger charge is -2.49. The molecule has 9 heteroatoms. The van der Waals surface area contributed by atoms with Gasteiger partial charge in [-0.1, -0.05) is 18.2 Å². The molecule has 1 N–H and O–H groups in total. The lowest BCUT2D eigenvalue weighted by Crippen LogP contribution is -2.60. The second kappa shape index (κ2) is 11.2. The first-order chi connectivity index (χ1) is 18.4. The molecule has 0 radical (unpaired) electrons. The molecule has 1 atom stereocenters. The van der Waals surface area contributed by atoms with E-state index in [-0.39, 0.29) is 23.7 Å². The van der Waals surface area contributed by atoms with E-state index in [1.54, 1.807) is 4.90 Å². The van der Waals surface area contributed by atoms with E-state index in [0.29, 0.717) is 44.4 Å². The molecule has 3 heterocycles. The van der Waals surface area contributed by atoms with Gasteiger partial charge in [-0.05, 0) is 82.0 Å². The second-order valence-corrected chi connectivity index (χ2v) is 11.8. The third-order valence-corrected chi connectivity index (χ3v) is 9.28. The van der Waals surface area contributed by atoms with Crippen molar-refractivity contribution in [3.8, 4) is 5.75 Å². The number of ether oxygens (including phenoxy) is 1. The largest absolute Gasteiger partial charge is 0.491 e. The van der Waals surface area contributed by atoms with Crippen LogP contribution in [0.4, 0.5) is 4.39 Å². The summed E-state index contributed by atoms with van der Waals surface area (Å²) in [6.45, 7) is 5.54. The Bertz CT molecular complexity index is 1020. The highest BCUT2D eigenvalue weighted by Crippen LogP contribution is 2.51. The van der Waals surface area contributed by atoms with Gasteiger partial charge in [-0.25, -0.2) is 4.39 Å². The number of nitrogens with zero attached hydrogens (tertiary/aromatic N) is 3. The number of benzene rings is 1. The molecular formula is C29H40FN3O5. The van der Waals surface area contributed by atoms with Crippen LogP contribution in [0.3, 0.4) is 0 Å². The number of rotatable bonds is 7. The van der Waals surface area contributed by atoms with Crippen molar-refractivity contribution in [2.75, 3.05) is 45.9 Å². The number of piperidine rings is 1. The molecular weight excluding hydrogens is 489 g/mol. The average Bonchev–Trinajstić information content (AvgIpc) is 3.30. The van der Waals surface area contributed by atoms with E-state index >= 15 is 0 Å². The molecule has 2 amide bonds. The van der Waals surface area contributed by atoms with Crippen LogP contribution in [0.15, 0.2) is 24.3 Å². The van der Waals surface area contributed by atoms with E-state index in [9.17, 15) is 14.0 Å². The third-order valence-electron chi connectivity index (χ3n) is 9.28. The molecule has 6 rings (SSSR count). The predicted molar refractivity (Wildman–Crippen MR) is 140 cm³/mol. The van der Waals surface area contributed by atoms with E-state index in [1.165, 1.54) is 12.0 Å². The Morgan fingerprint density at radius 3 is 2.47 bits per heavy atom. The minimum Gasteiger partial charge on any atom is -0.491 e. The van der Waals surface area contributed by atoms with Crippen LogP contribution in [0, 0.1) is 5.41 Å². The molecule has 0 bridgehead atoms. The first-order valence-electron chi connectivity index (χ1n) is 14.2. The maximum atomic E-state index is 14.1. The van der Waals surface area contributed by atoms with Gasteiger partial charge in [-0.3, -0.25) is 14.4 Å². The first kappa shape index (κ1) is 26.9. The SMILES string of the molecule is O=C1CCCN1CCOc1ccccc1C1CCN(C2CCC3(C2)CN(C(=O)C2(F)CC2)C3)CC1.O=CO. The molecule has 208 valence electrons. The van der Waals surface area contributed by atoms with Crippen molar-refractivity contribution in [3.63, 3.8) is 0 Å². The molecule has 5 fully saturated rings. The summed E-state index contributed by atoms with van der Waals surface area (Å²) < 4.78 is 20.3. The molecule has 3 saturated heterocycles. The number of likely N-dealkylation sites (tertiary alicyclic amines) is 3. The monoisotopic (exact) mass is 529 g/mol. The van der Waals surface area contributed by atoms with Gasteiger partial charge >= 0.3 is 0 Å². The van der Waals surface area contributed by atoms with Crippen molar-refractivity contribution in [1.29, 1.82) is 0 Å². The van der Waals surface area contributed by atoms with Crippen LogP contribution in [0.25, 0.3) is 0 Å². The number of carbonyl (C=O) groups is 3. The number of alkyl halides is 1. The number of carbonyl (C=O) groups excluding carboxylic acids is 2. The highest BCUT2D eigenvalue weighted by Gasteiger charge is 2.58. The Morgan fingerprint density at radius 2 is 1.82 bits per heavy atom. The van der Waals surface area contributed by atoms with Gasteiger partial charge < -0.3 is 24.5 Å². The summed E-state index contributed by atoms with van der Waals surface area (Å²) in [6, 6.07) is 9.01. The highest BCUT2D eigenvalue weighted by atomic mass is 19.1. The van der Waals surface area contributed by atoms with Crippen molar-refractivity contribution in [2.45, 2.75) is 75.4 Å². The summed E-state index contributed by atoms with van der Waals surface area (Å²) >= 11 is 0. The van der Waals surface area contributed by atoms with Crippen molar-refractivity contribution < 1.29 is 28.6 Å². The molecule has 38 heavy (non-hydrogen) atoms. The lowest BCUT2D eigenvalue weighted by molar-refractivity contribution is -0.150. The van der Waals surface area contributed by atoms with E-state index in [2.05, 4.69) is 23.1 Å². The molecule has 5 aliphatic rings. The smallest absolute Gasteiger partial charge is 0.290 e. The quantitative estimate of drug-likeness (QED) is 0.545. The zero-order valence-electron chi connectivity index (χ0n) is 22.2. The number of halogens is 1. The summed E-state index contributed by atoms with van der Waals surface area (Å²) in [5, 5.41) is 6.89. The molecule has 1 aromatic rings. The van der Waals surface area contributed by atoms with Gasteiger partial charge in [0.1, 0.15) is 12.4 Å². The number of hydrogen-bond donors (Lipinski definition) is 1. The van der Waals surface area contributed by atoms with Gasteiger partial charge in [0.25, 0.3) is 12.4 Å². The number of amides is 2. The average molecular weight is 530 g/mol. The highest BCUT2D eigenvalue weighted by molar-refractivity contribution is 5.88. The lowest BCUT2D eigenvalue weighted by atomic mass is 9.77. The molecule has 3 aliphatic heterocycles. The number of hydrogen-bond acceptors (Lipinski definition) is 5. The fourth-order valence-electron chi connectivity index (χ4n) is 7.02. The Morgan fingerprint density at radius 1 is 1.11 bits per heavy atom. The van der Waals surface area contributed by atoms with Gasteiger partial charge in [0.15, 0.2) is 5.67 Å². The summed E-state index contributed by atoms with van der Waals surface area (Å²) in [7, 11) is 0. The normalized spacial score (nSPS) is 26.0. The van der Waals surface area contributed by atoms with Gasteiger partial charge in [0.2, 0.25) is 5.91 Å². The number of para-hydroxylation sites is 1. The van der Waals surface area contributed by atoms with E-state index in [0.717, 1.165) is 70.6 Å².